The van der Waals surface area contributed by atoms with E-state index in [-0.39, 0.29) is 17.2 Å². The molecule has 1 aromatic rings. The van der Waals surface area contributed by atoms with Crippen LogP contribution in [0.3, 0.4) is 0 Å². The SMILES string of the molecule is Nc1ccc(NCCC(=O)N2CCOCC2)cc1C(=O)O. The largest absolute Gasteiger partial charge is 0.478 e. The van der Waals surface area contributed by atoms with Crippen molar-refractivity contribution >= 4 is 23.3 Å². The van der Waals surface area contributed by atoms with Gasteiger partial charge < -0.3 is 25.8 Å². The smallest absolute Gasteiger partial charge is 0.337 e. The molecule has 1 aromatic carbocycles. The van der Waals surface area contributed by atoms with Crippen LogP contribution in [0.25, 0.3) is 0 Å². The zero-order chi connectivity index (χ0) is 15.2. The molecule has 114 valence electrons. The Bertz CT molecular complexity index is 527. The maximum atomic E-state index is 11.9. The molecule has 0 radical (unpaired) electrons. The van der Waals surface area contributed by atoms with Gasteiger partial charge in [0.2, 0.25) is 5.91 Å². The second kappa shape index (κ2) is 6.94. The summed E-state index contributed by atoms with van der Waals surface area (Å²) in [4.78, 5) is 24.7. The zero-order valence-electron chi connectivity index (χ0n) is 11.7. The molecule has 1 aliphatic rings. The van der Waals surface area contributed by atoms with E-state index in [0.717, 1.165) is 0 Å². The standard InChI is InChI=1S/C14H19N3O4/c15-12-2-1-10(9-11(12)14(19)20)16-4-3-13(18)17-5-7-21-8-6-17/h1-2,9,16H,3-8,15H2,(H,19,20). The molecule has 1 heterocycles. The number of nitrogen functional groups attached to an aromatic ring is 1. The van der Waals surface area contributed by atoms with Gasteiger partial charge in [0.1, 0.15) is 0 Å². The van der Waals surface area contributed by atoms with E-state index in [1.165, 1.54) is 12.1 Å². The predicted octanol–water partition coefficient (Wildman–Crippen LogP) is 0.628. The number of amides is 1. The highest BCUT2D eigenvalue weighted by Gasteiger charge is 2.16. The maximum Gasteiger partial charge on any atom is 0.337 e. The molecule has 1 amide bonds. The number of anilines is 2. The third kappa shape index (κ3) is 4.09. The summed E-state index contributed by atoms with van der Waals surface area (Å²) in [5, 5.41) is 12.0. The Labute approximate surface area is 122 Å². The molecule has 1 fully saturated rings. The van der Waals surface area contributed by atoms with Crippen LogP contribution in [-0.2, 0) is 9.53 Å². The lowest BCUT2D eigenvalue weighted by Crippen LogP contribution is -2.41. The van der Waals surface area contributed by atoms with E-state index >= 15 is 0 Å². The first-order chi connectivity index (χ1) is 10.1. The van der Waals surface area contributed by atoms with E-state index in [1.807, 2.05) is 0 Å². The first-order valence-corrected chi connectivity index (χ1v) is 6.80. The predicted molar refractivity (Wildman–Crippen MR) is 78.3 cm³/mol. The third-order valence-corrected chi connectivity index (χ3v) is 3.32. The number of rotatable bonds is 5. The van der Waals surface area contributed by atoms with Gasteiger partial charge in [0, 0.05) is 37.4 Å². The first-order valence-electron chi connectivity index (χ1n) is 6.80. The van der Waals surface area contributed by atoms with Crippen LogP contribution in [0.15, 0.2) is 18.2 Å². The lowest BCUT2D eigenvalue weighted by molar-refractivity contribution is -0.134. The molecule has 4 N–H and O–H groups in total. The minimum Gasteiger partial charge on any atom is -0.478 e. The fourth-order valence-corrected chi connectivity index (χ4v) is 2.14. The van der Waals surface area contributed by atoms with Crippen LogP contribution in [0.1, 0.15) is 16.8 Å². The molecule has 0 atom stereocenters. The average molecular weight is 293 g/mol. The number of carbonyl (C=O) groups excluding carboxylic acids is 1. The van der Waals surface area contributed by atoms with Gasteiger partial charge in [-0.25, -0.2) is 4.79 Å². The highest BCUT2D eigenvalue weighted by molar-refractivity contribution is 5.94. The summed E-state index contributed by atoms with van der Waals surface area (Å²) in [5.41, 5.74) is 6.49. The van der Waals surface area contributed by atoms with Crippen LogP contribution in [-0.4, -0.2) is 54.7 Å². The van der Waals surface area contributed by atoms with Gasteiger partial charge in [0.05, 0.1) is 18.8 Å². The third-order valence-electron chi connectivity index (χ3n) is 3.32. The van der Waals surface area contributed by atoms with Crippen molar-refractivity contribution in [3.8, 4) is 0 Å². The molecular formula is C14H19N3O4. The summed E-state index contributed by atoms with van der Waals surface area (Å²) in [7, 11) is 0. The lowest BCUT2D eigenvalue weighted by Gasteiger charge is -2.26. The van der Waals surface area contributed by atoms with Crippen molar-refractivity contribution in [3.05, 3.63) is 23.8 Å². The first kappa shape index (κ1) is 15.1. The second-order valence-electron chi connectivity index (χ2n) is 4.78. The Hall–Kier alpha value is -2.28. The number of benzene rings is 1. The van der Waals surface area contributed by atoms with Crippen LogP contribution in [0.5, 0.6) is 0 Å². The summed E-state index contributed by atoms with van der Waals surface area (Å²) in [6.45, 7) is 2.87. The van der Waals surface area contributed by atoms with Crippen LogP contribution in [0.2, 0.25) is 0 Å². The fraction of sp³-hybridized carbons (Fsp3) is 0.429. The molecule has 0 bridgehead atoms. The lowest BCUT2D eigenvalue weighted by atomic mass is 10.1. The Morgan fingerprint density at radius 3 is 2.71 bits per heavy atom. The molecule has 0 unspecified atom stereocenters. The van der Waals surface area contributed by atoms with Gasteiger partial charge in [-0.05, 0) is 18.2 Å². The van der Waals surface area contributed by atoms with Gasteiger partial charge >= 0.3 is 5.97 Å². The zero-order valence-corrected chi connectivity index (χ0v) is 11.7. The molecule has 1 saturated heterocycles. The summed E-state index contributed by atoms with van der Waals surface area (Å²) in [6.07, 6.45) is 0.354. The van der Waals surface area contributed by atoms with Crippen LogP contribution < -0.4 is 11.1 Å². The highest BCUT2D eigenvalue weighted by Crippen LogP contribution is 2.17. The molecule has 0 saturated carbocycles. The Kier molecular flexibility index (Phi) is 4.99. The number of nitrogens with two attached hydrogens (primary N) is 1. The molecular weight excluding hydrogens is 274 g/mol. The van der Waals surface area contributed by atoms with Crippen molar-refractivity contribution in [2.75, 3.05) is 43.9 Å². The Morgan fingerprint density at radius 2 is 2.05 bits per heavy atom. The average Bonchev–Trinajstić information content (AvgIpc) is 2.49. The fourth-order valence-electron chi connectivity index (χ4n) is 2.14. The number of carbonyl (C=O) groups is 2. The second-order valence-corrected chi connectivity index (χ2v) is 4.78. The molecule has 0 aromatic heterocycles. The number of nitrogens with one attached hydrogen (secondary N) is 1. The monoisotopic (exact) mass is 293 g/mol. The number of morpholine rings is 1. The number of ether oxygens (including phenoxy) is 1. The van der Waals surface area contributed by atoms with E-state index < -0.39 is 5.97 Å². The Balaban J connectivity index is 1.84. The van der Waals surface area contributed by atoms with Gasteiger partial charge in [-0.15, -0.1) is 0 Å². The number of aromatic carboxylic acids is 1. The summed E-state index contributed by atoms with van der Waals surface area (Å²) < 4.78 is 5.19. The normalized spacial score (nSPS) is 14.8. The molecule has 2 rings (SSSR count). The number of hydrogen-bond acceptors (Lipinski definition) is 5. The summed E-state index contributed by atoms with van der Waals surface area (Å²) in [6, 6.07) is 4.70. The number of carboxylic acids is 1. The molecule has 0 aliphatic carbocycles. The summed E-state index contributed by atoms with van der Waals surface area (Å²) in [5.74, 6) is -1.000. The van der Waals surface area contributed by atoms with E-state index in [2.05, 4.69) is 5.32 Å². The minimum absolute atomic E-state index is 0.0551. The molecule has 1 aliphatic heterocycles. The van der Waals surface area contributed by atoms with Gasteiger partial charge in [0.25, 0.3) is 0 Å². The van der Waals surface area contributed by atoms with Crippen molar-refractivity contribution in [3.63, 3.8) is 0 Å². The number of carboxylic acid groups (broad SMARTS) is 1. The molecule has 7 heteroatoms. The minimum atomic E-state index is -1.07. The van der Waals surface area contributed by atoms with E-state index in [9.17, 15) is 9.59 Å². The topological polar surface area (TPSA) is 105 Å². The molecule has 7 nitrogen and oxygen atoms in total. The van der Waals surface area contributed by atoms with Gasteiger partial charge in [-0.1, -0.05) is 0 Å². The van der Waals surface area contributed by atoms with Crippen molar-refractivity contribution in [1.29, 1.82) is 0 Å². The van der Waals surface area contributed by atoms with Crippen LogP contribution in [0, 0.1) is 0 Å². The van der Waals surface area contributed by atoms with Gasteiger partial charge in [0.15, 0.2) is 0 Å². The van der Waals surface area contributed by atoms with E-state index in [4.69, 9.17) is 15.6 Å². The maximum absolute atomic E-state index is 11.9. The molecule has 21 heavy (non-hydrogen) atoms. The number of nitrogens with zero attached hydrogens (tertiary/aromatic N) is 1. The molecule has 0 spiro atoms. The summed E-state index contributed by atoms with van der Waals surface area (Å²) >= 11 is 0. The van der Waals surface area contributed by atoms with Gasteiger partial charge in [-0.2, -0.15) is 0 Å². The van der Waals surface area contributed by atoms with Gasteiger partial charge in [-0.3, -0.25) is 4.79 Å². The van der Waals surface area contributed by atoms with E-state index in [1.54, 1.807) is 11.0 Å². The number of hydrogen-bond donors (Lipinski definition) is 3. The quantitative estimate of drug-likeness (QED) is 0.688. The highest BCUT2D eigenvalue weighted by atomic mass is 16.5. The van der Waals surface area contributed by atoms with Crippen LogP contribution in [0.4, 0.5) is 11.4 Å². The van der Waals surface area contributed by atoms with E-state index in [0.29, 0.717) is 45.0 Å². The van der Waals surface area contributed by atoms with Crippen molar-refractivity contribution < 1.29 is 19.4 Å². The van der Waals surface area contributed by atoms with Crippen molar-refractivity contribution in [2.45, 2.75) is 6.42 Å². The van der Waals surface area contributed by atoms with Crippen molar-refractivity contribution in [1.82, 2.24) is 4.90 Å². The van der Waals surface area contributed by atoms with Crippen molar-refractivity contribution in [2.24, 2.45) is 0 Å². The van der Waals surface area contributed by atoms with Crippen LogP contribution >= 0.6 is 0 Å². The Morgan fingerprint density at radius 1 is 1.33 bits per heavy atom.